The van der Waals surface area contributed by atoms with Crippen LogP contribution in [0, 0.1) is 0 Å². The van der Waals surface area contributed by atoms with Crippen LogP contribution in [0.1, 0.15) is 18.7 Å². The summed E-state index contributed by atoms with van der Waals surface area (Å²) in [5, 5.41) is 5.52. The molecule has 0 saturated carbocycles. The first-order chi connectivity index (χ1) is 6.64. The van der Waals surface area contributed by atoms with Gasteiger partial charge < -0.3 is 10.1 Å². The summed E-state index contributed by atoms with van der Waals surface area (Å²) >= 11 is 1.82. The van der Waals surface area contributed by atoms with Crippen molar-refractivity contribution in [2.45, 2.75) is 25.9 Å². The molecule has 0 aliphatic heterocycles. The van der Waals surface area contributed by atoms with E-state index >= 15 is 0 Å². The minimum atomic E-state index is -0.0601. The van der Waals surface area contributed by atoms with E-state index in [0.29, 0.717) is 0 Å². The Kier molecular flexibility index (Phi) is 4.58. The van der Waals surface area contributed by atoms with Gasteiger partial charge in [0.1, 0.15) is 0 Å². The van der Waals surface area contributed by atoms with E-state index in [0.717, 1.165) is 19.5 Å². The van der Waals surface area contributed by atoms with Crippen LogP contribution in [-0.2, 0) is 11.2 Å². The van der Waals surface area contributed by atoms with Crippen molar-refractivity contribution in [3.8, 4) is 0 Å². The molecule has 14 heavy (non-hydrogen) atoms. The fourth-order valence-corrected chi connectivity index (χ4v) is 1.84. The van der Waals surface area contributed by atoms with Crippen LogP contribution in [0.2, 0.25) is 0 Å². The molecule has 0 aromatic carbocycles. The van der Waals surface area contributed by atoms with E-state index in [4.69, 9.17) is 4.74 Å². The molecule has 1 heterocycles. The molecule has 1 N–H and O–H groups in total. The maximum atomic E-state index is 5.32. The molecule has 3 heteroatoms. The van der Waals surface area contributed by atoms with Crippen molar-refractivity contribution in [3.63, 3.8) is 0 Å². The third kappa shape index (κ3) is 4.22. The Morgan fingerprint density at radius 3 is 2.86 bits per heavy atom. The smallest absolute Gasteiger partial charge is 0.0746 e. The Hall–Kier alpha value is -0.380. The lowest BCUT2D eigenvalue weighted by Gasteiger charge is -2.23. The first-order valence-corrected chi connectivity index (χ1v) is 5.80. The largest absolute Gasteiger partial charge is 0.377 e. The summed E-state index contributed by atoms with van der Waals surface area (Å²) in [6, 6.07) is 4.27. The van der Waals surface area contributed by atoms with Crippen LogP contribution in [0.15, 0.2) is 17.5 Å². The van der Waals surface area contributed by atoms with Gasteiger partial charge in [-0.1, -0.05) is 6.07 Å². The molecular formula is C11H19NOS. The second kappa shape index (κ2) is 5.49. The van der Waals surface area contributed by atoms with Gasteiger partial charge in [0, 0.05) is 25.1 Å². The summed E-state index contributed by atoms with van der Waals surface area (Å²) in [6.45, 7) is 6.10. The zero-order chi connectivity index (χ0) is 10.4. The van der Waals surface area contributed by atoms with Gasteiger partial charge in [-0.3, -0.25) is 0 Å². The SMILES string of the molecule is COC(C)(C)CNCCc1cccs1. The highest BCUT2D eigenvalue weighted by molar-refractivity contribution is 7.09. The van der Waals surface area contributed by atoms with Gasteiger partial charge in [-0.25, -0.2) is 0 Å². The molecule has 0 aliphatic carbocycles. The Bertz CT molecular complexity index is 244. The van der Waals surface area contributed by atoms with E-state index in [9.17, 15) is 0 Å². The number of ether oxygens (including phenoxy) is 1. The van der Waals surface area contributed by atoms with Crippen molar-refractivity contribution in [2.24, 2.45) is 0 Å². The van der Waals surface area contributed by atoms with Crippen molar-refractivity contribution in [3.05, 3.63) is 22.4 Å². The standard InChI is InChI=1S/C11H19NOS/c1-11(2,13-3)9-12-7-6-10-5-4-8-14-10/h4-5,8,12H,6-7,9H2,1-3H3. The number of hydrogen-bond donors (Lipinski definition) is 1. The van der Waals surface area contributed by atoms with Crippen LogP contribution >= 0.6 is 11.3 Å². The van der Waals surface area contributed by atoms with Gasteiger partial charge in [-0.2, -0.15) is 0 Å². The quantitative estimate of drug-likeness (QED) is 0.732. The number of nitrogens with one attached hydrogen (secondary N) is 1. The van der Waals surface area contributed by atoms with Gasteiger partial charge >= 0.3 is 0 Å². The van der Waals surface area contributed by atoms with Crippen molar-refractivity contribution in [1.82, 2.24) is 5.32 Å². The van der Waals surface area contributed by atoms with Gasteiger partial charge in [0.15, 0.2) is 0 Å². The molecular weight excluding hydrogens is 194 g/mol. The second-order valence-electron chi connectivity index (χ2n) is 3.97. The Morgan fingerprint density at radius 1 is 1.50 bits per heavy atom. The Balaban J connectivity index is 2.11. The minimum absolute atomic E-state index is 0.0601. The number of methoxy groups -OCH3 is 1. The Labute approximate surface area is 90.3 Å². The van der Waals surface area contributed by atoms with Crippen molar-refractivity contribution < 1.29 is 4.74 Å². The predicted molar refractivity (Wildman–Crippen MR) is 62.0 cm³/mol. The predicted octanol–water partition coefficient (Wildman–Crippen LogP) is 2.31. The third-order valence-corrected chi connectivity index (χ3v) is 3.17. The van der Waals surface area contributed by atoms with Gasteiger partial charge in [0.2, 0.25) is 0 Å². The molecule has 0 unspecified atom stereocenters. The monoisotopic (exact) mass is 213 g/mol. The van der Waals surface area contributed by atoms with Gasteiger partial charge in [0.05, 0.1) is 5.60 Å². The zero-order valence-corrected chi connectivity index (χ0v) is 9.99. The average molecular weight is 213 g/mol. The van der Waals surface area contributed by atoms with E-state index in [1.807, 2.05) is 11.3 Å². The minimum Gasteiger partial charge on any atom is -0.377 e. The normalized spacial score (nSPS) is 11.9. The molecule has 0 saturated heterocycles. The summed E-state index contributed by atoms with van der Waals surface area (Å²) in [5.41, 5.74) is -0.0601. The van der Waals surface area contributed by atoms with Crippen LogP contribution in [0.3, 0.4) is 0 Å². The van der Waals surface area contributed by atoms with E-state index in [2.05, 4.69) is 36.7 Å². The topological polar surface area (TPSA) is 21.3 Å². The van der Waals surface area contributed by atoms with E-state index in [1.54, 1.807) is 7.11 Å². The summed E-state index contributed by atoms with van der Waals surface area (Å²) in [4.78, 5) is 1.44. The number of rotatable bonds is 6. The molecule has 0 fully saturated rings. The fourth-order valence-electron chi connectivity index (χ4n) is 1.13. The fraction of sp³-hybridized carbons (Fsp3) is 0.636. The van der Waals surface area contributed by atoms with E-state index < -0.39 is 0 Å². The highest BCUT2D eigenvalue weighted by Gasteiger charge is 2.14. The summed E-state index contributed by atoms with van der Waals surface area (Å²) in [7, 11) is 1.75. The second-order valence-corrected chi connectivity index (χ2v) is 5.00. The van der Waals surface area contributed by atoms with Crippen molar-refractivity contribution in [1.29, 1.82) is 0 Å². The van der Waals surface area contributed by atoms with Crippen molar-refractivity contribution >= 4 is 11.3 Å². The molecule has 1 rings (SSSR count). The molecule has 2 nitrogen and oxygen atoms in total. The number of thiophene rings is 1. The zero-order valence-electron chi connectivity index (χ0n) is 9.17. The molecule has 0 bridgehead atoms. The Morgan fingerprint density at radius 2 is 2.29 bits per heavy atom. The lowest BCUT2D eigenvalue weighted by atomic mass is 10.1. The first kappa shape index (κ1) is 11.7. The van der Waals surface area contributed by atoms with Crippen molar-refractivity contribution in [2.75, 3.05) is 20.2 Å². The molecule has 0 atom stereocenters. The highest BCUT2D eigenvalue weighted by atomic mass is 32.1. The molecule has 80 valence electrons. The highest BCUT2D eigenvalue weighted by Crippen LogP contribution is 2.09. The molecule has 1 aromatic heterocycles. The third-order valence-electron chi connectivity index (χ3n) is 2.23. The van der Waals surface area contributed by atoms with Crippen LogP contribution in [0.5, 0.6) is 0 Å². The molecule has 0 spiro atoms. The van der Waals surface area contributed by atoms with Gasteiger partial charge in [-0.15, -0.1) is 11.3 Å². The van der Waals surface area contributed by atoms with E-state index in [1.165, 1.54) is 4.88 Å². The first-order valence-electron chi connectivity index (χ1n) is 4.92. The maximum Gasteiger partial charge on any atom is 0.0746 e. The summed E-state index contributed by atoms with van der Waals surface area (Å²) < 4.78 is 5.32. The van der Waals surface area contributed by atoms with Crippen LogP contribution < -0.4 is 5.32 Å². The molecule has 1 aromatic rings. The van der Waals surface area contributed by atoms with Crippen LogP contribution in [0.25, 0.3) is 0 Å². The molecule has 0 aliphatic rings. The summed E-state index contributed by atoms with van der Waals surface area (Å²) in [6.07, 6.45) is 1.11. The van der Waals surface area contributed by atoms with Gasteiger partial charge in [0.25, 0.3) is 0 Å². The molecule has 0 radical (unpaired) electrons. The number of hydrogen-bond acceptors (Lipinski definition) is 3. The average Bonchev–Trinajstić information content (AvgIpc) is 2.65. The van der Waals surface area contributed by atoms with Gasteiger partial charge in [-0.05, 0) is 31.7 Å². The van der Waals surface area contributed by atoms with Crippen LogP contribution in [0.4, 0.5) is 0 Å². The maximum absolute atomic E-state index is 5.32. The van der Waals surface area contributed by atoms with Crippen LogP contribution in [-0.4, -0.2) is 25.8 Å². The lowest BCUT2D eigenvalue weighted by Crippen LogP contribution is -2.37. The summed E-state index contributed by atoms with van der Waals surface area (Å²) in [5.74, 6) is 0. The van der Waals surface area contributed by atoms with E-state index in [-0.39, 0.29) is 5.60 Å². The lowest BCUT2D eigenvalue weighted by molar-refractivity contribution is 0.0235. The molecule has 0 amide bonds.